The number of anilines is 1. The molecule has 0 saturated heterocycles. The van der Waals surface area contributed by atoms with E-state index in [4.69, 9.17) is 10.5 Å². The lowest BCUT2D eigenvalue weighted by Crippen LogP contribution is -2.22. The van der Waals surface area contributed by atoms with Crippen molar-refractivity contribution in [2.24, 2.45) is 5.73 Å². The lowest BCUT2D eigenvalue weighted by atomic mass is 9.95. The molecule has 2 amide bonds. The third-order valence-corrected chi connectivity index (χ3v) is 6.26. The third-order valence-electron chi connectivity index (χ3n) is 4.05. The first-order valence-electron chi connectivity index (χ1n) is 7.92. The van der Waals surface area contributed by atoms with E-state index in [1.54, 1.807) is 5.38 Å². The van der Waals surface area contributed by atoms with Gasteiger partial charge in [0.1, 0.15) is 9.88 Å². The number of nitrogens with two attached hydrogens (primary N) is 1. The topological polar surface area (TPSA) is 98.5 Å². The Morgan fingerprint density at radius 2 is 2.04 bits per heavy atom. The van der Waals surface area contributed by atoms with Gasteiger partial charge in [-0.15, -0.1) is 22.7 Å². The Labute approximate surface area is 153 Å². The Kier molecular flexibility index (Phi) is 5.19. The van der Waals surface area contributed by atoms with Gasteiger partial charge in [0.2, 0.25) is 0 Å². The van der Waals surface area contributed by atoms with Crippen LogP contribution in [0.5, 0.6) is 0 Å². The zero-order valence-electron chi connectivity index (χ0n) is 13.7. The van der Waals surface area contributed by atoms with Crippen LogP contribution in [-0.4, -0.2) is 24.4 Å². The second-order valence-corrected chi connectivity index (χ2v) is 7.86. The van der Waals surface area contributed by atoms with Gasteiger partial charge in [-0.1, -0.05) is 0 Å². The van der Waals surface area contributed by atoms with Gasteiger partial charge in [-0.2, -0.15) is 0 Å². The molecule has 132 valence electrons. The lowest BCUT2D eigenvalue weighted by molar-refractivity contribution is -0.119. The van der Waals surface area contributed by atoms with E-state index < -0.39 is 24.4 Å². The second kappa shape index (κ2) is 7.37. The fourth-order valence-electron chi connectivity index (χ4n) is 2.86. The van der Waals surface area contributed by atoms with Crippen LogP contribution in [0, 0.1) is 6.92 Å². The number of amides is 2. The van der Waals surface area contributed by atoms with Gasteiger partial charge < -0.3 is 15.8 Å². The molecule has 0 spiro atoms. The number of rotatable bonds is 5. The highest BCUT2D eigenvalue weighted by Gasteiger charge is 2.25. The van der Waals surface area contributed by atoms with Crippen LogP contribution in [0.25, 0.3) is 0 Å². The number of ether oxygens (including phenoxy) is 1. The van der Waals surface area contributed by atoms with Crippen molar-refractivity contribution in [2.75, 3.05) is 11.9 Å². The van der Waals surface area contributed by atoms with Crippen molar-refractivity contribution >= 4 is 45.5 Å². The van der Waals surface area contributed by atoms with E-state index in [2.05, 4.69) is 5.32 Å². The molecule has 0 fully saturated rings. The van der Waals surface area contributed by atoms with Crippen molar-refractivity contribution in [1.29, 1.82) is 0 Å². The van der Waals surface area contributed by atoms with Gasteiger partial charge >= 0.3 is 5.97 Å². The molecule has 0 radical (unpaired) electrons. The van der Waals surface area contributed by atoms with Crippen molar-refractivity contribution < 1.29 is 19.1 Å². The van der Waals surface area contributed by atoms with Crippen LogP contribution in [0.4, 0.5) is 5.00 Å². The summed E-state index contributed by atoms with van der Waals surface area (Å²) in [4.78, 5) is 37.5. The normalized spacial score (nSPS) is 13.2. The molecule has 8 heteroatoms. The average molecular weight is 378 g/mol. The van der Waals surface area contributed by atoms with Gasteiger partial charge in [0.15, 0.2) is 6.61 Å². The number of hydrogen-bond donors (Lipinski definition) is 2. The van der Waals surface area contributed by atoms with Crippen LogP contribution < -0.4 is 11.1 Å². The molecule has 6 nitrogen and oxygen atoms in total. The van der Waals surface area contributed by atoms with E-state index in [1.165, 1.54) is 22.7 Å². The Hall–Kier alpha value is -2.19. The van der Waals surface area contributed by atoms with Crippen LogP contribution >= 0.6 is 22.7 Å². The fraction of sp³-hybridized carbons (Fsp3) is 0.353. The minimum Gasteiger partial charge on any atom is -0.451 e. The van der Waals surface area contributed by atoms with Gasteiger partial charge in [0, 0.05) is 4.88 Å². The summed E-state index contributed by atoms with van der Waals surface area (Å²) in [5.74, 6) is -1.55. The molecule has 3 rings (SSSR count). The molecule has 1 aliphatic carbocycles. The Morgan fingerprint density at radius 1 is 1.28 bits per heavy atom. The molecular formula is C17H18N2O4S2. The molecule has 2 aromatic heterocycles. The summed E-state index contributed by atoms with van der Waals surface area (Å²) in [5, 5.41) is 4.91. The highest BCUT2D eigenvalue weighted by atomic mass is 32.1. The van der Waals surface area contributed by atoms with Gasteiger partial charge in [-0.05, 0) is 55.2 Å². The van der Waals surface area contributed by atoms with E-state index in [0.29, 0.717) is 15.4 Å². The van der Waals surface area contributed by atoms with Crippen molar-refractivity contribution in [3.05, 3.63) is 37.9 Å². The summed E-state index contributed by atoms with van der Waals surface area (Å²) < 4.78 is 5.05. The number of esters is 1. The molecule has 0 bridgehead atoms. The number of nitrogens with one attached hydrogen (secondary N) is 1. The molecule has 3 N–H and O–H groups in total. The van der Waals surface area contributed by atoms with Crippen LogP contribution in [-0.2, 0) is 22.4 Å². The second-order valence-electron chi connectivity index (χ2n) is 5.84. The molecule has 0 aromatic carbocycles. The lowest BCUT2D eigenvalue weighted by Gasteiger charge is -2.11. The van der Waals surface area contributed by atoms with Crippen molar-refractivity contribution in [2.45, 2.75) is 32.6 Å². The summed E-state index contributed by atoms with van der Waals surface area (Å²) in [6.45, 7) is 1.40. The number of thiophene rings is 2. The van der Waals surface area contributed by atoms with Gasteiger partial charge in [0.25, 0.3) is 11.8 Å². The standard InChI is InChI=1S/C17H18N2O4S2/c1-9-6-7-24-14(9)17(22)23-8-12(20)19-16-13(15(18)21)10-4-2-3-5-11(10)25-16/h6-7H,2-5,8H2,1H3,(H2,18,21)(H,19,20). The molecule has 0 saturated carbocycles. The average Bonchev–Trinajstić information content (AvgIpc) is 3.15. The number of hydrogen-bond acceptors (Lipinski definition) is 6. The van der Waals surface area contributed by atoms with Crippen molar-refractivity contribution in [1.82, 2.24) is 0 Å². The van der Waals surface area contributed by atoms with E-state index >= 15 is 0 Å². The van der Waals surface area contributed by atoms with E-state index in [1.807, 2.05) is 13.0 Å². The Bertz CT molecular complexity index is 838. The third kappa shape index (κ3) is 3.74. The first kappa shape index (κ1) is 17.6. The maximum absolute atomic E-state index is 12.1. The molecule has 0 unspecified atom stereocenters. The summed E-state index contributed by atoms with van der Waals surface area (Å²) in [6, 6.07) is 1.82. The van der Waals surface area contributed by atoms with Gasteiger partial charge in [-0.25, -0.2) is 4.79 Å². The zero-order valence-corrected chi connectivity index (χ0v) is 15.4. The van der Waals surface area contributed by atoms with Gasteiger partial charge in [-0.3, -0.25) is 9.59 Å². The van der Waals surface area contributed by atoms with Crippen LogP contribution in [0.3, 0.4) is 0 Å². The zero-order chi connectivity index (χ0) is 18.0. The van der Waals surface area contributed by atoms with E-state index in [0.717, 1.165) is 41.7 Å². The van der Waals surface area contributed by atoms with Crippen molar-refractivity contribution in [3.63, 3.8) is 0 Å². The molecule has 25 heavy (non-hydrogen) atoms. The molecule has 2 aromatic rings. The van der Waals surface area contributed by atoms with Gasteiger partial charge in [0.05, 0.1) is 5.56 Å². The molecule has 0 aliphatic heterocycles. The summed E-state index contributed by atoms with van der Waals surface area (Å²) >= 11 is 2.65. The monoisotopic (exact) mass is 378 g/mol. The predicted molar refractivity (Wildman–Crippen MR) is 97.4 cm³/mol. The van der Waals surface area contributed by atoms with Crippen LogP contribution in [0.15, 0.2) is 11.4 Å². The van der Waals surface area contributed by atoms with Crippen molar-refractivity contribution in [3.8, 4) is 0 Å². The largest absolute Gasteiger partial charge is 0.451 e. The highest BCUT2D eigenvalue weighted by Crippen LogP contribution is 2.37. The Balaban J connectivity index is 1.67. The minimum atomic E-state index is -0.541. The fourth-order valence-corrected chi connectivity index (χ4v) is 4.98. The number of carbonyl (C=O) groups excluding carboxylic acids is 3. The molecular weight excluding hydrogens is 360 g/mol. The smallest absolute Gasteiger partial charge is 0.349 e. The number of fused-ring (bicyclic) bond motifs is 1. The van der Waals surface area contributed by atoms with E-state index in [-0.39, 0.29) is 0 Å². The summed E-state index contributed by atoms with van der Waals surface area (Å²) in [7, 11) is 0. The SMILES string of the molecule is Cc1ccsc1C(=O)OCC(=O)Nc1sc2c(c1C(N)=O)CCCC2. The first-order chi connectivity index (χ1) is 12.0. The predicted octanol–water partition coefficient (Wildman–Crippen LogP) is 2.89. The van der Waals surface area contributed by atoms with E-state index in [9.17, 15) is 14.4 Å². The summed E-state index contributed by atoms with van der Waals surface area (Å²) in [6.07, 6.45) is 3.77. The maximum Gasteiger partial charge on any atom is 0.349 e. The molecule has 2 heterocycles. The number of primary amides is 1. The first-order valence-corrected chi connectivity index (χ1v) is 9.62. The molecule has 0 atom stereocenters. The number of carbonyl (C=O) groups is 3. The maximum atomic E-state index is 12.1. The quantitative estimate of drug-likeness (QED) is 0.782. The number of aryl methyl sites for hydroxylation is 2. The minimum absolute atomic E-state index is 0.397. The van der Waals surface area contributed by atoms with Crippen LogP contribution in [0.2, 0.25) is 0 Å². The molecule has 1 aliphatic rings. The highest BCUT2D eigenvalue weighted by molar-refractivity contribution is 7.17. The van der Waals surface area contributed by atoms with Crippen LogP contribution in [0.1, 0.15) is 48.9 Å². The summed E-state index contributed by atoms with van der Waals surface area (Å²) in [5.41, 5.74) is 7.66. The Morgan fingerprint density at radius 3 is 2.72 bits per heavy atom.